The van der Waals surface area contributed by atoms with E-state index in [0.29, 0.717) is 5.46 Å². The van der Waals surface area contributed by atoms with Gasteiger partial charge in [0.25, 0.3) is 0 Å². The van der Waals surface area contributed by atoms with Gasteiger partial charge in [0.15, 0.2) is 0 Å². The fourth-order valence-corrected chi connectivity index (χ4v) is 1.78. The average Bonchev–Trinajstić information content (AvgIpc) is 3.01. The van der Waals surface area contributed by atoms with E-state index in [1.165, 1.54) is 12.8 Å². The molecule has 86 valence electrons. The van der Waals surface area contributed by atoms with Crippen molar-refractivity contribution in [2.24, 2.45) is 5.92 Å². The fraction of sp³-hybridized carbons (Fsp3) is 0.500. The van der Waals surface area contributed by atoms with Crippen LogP contribution in [0, 0.1) is 12.8 Å². The molecule has 3 nitrogen and oxygen atoms in total. The first-order chi connectivity index (χ1) is 7.66. The summed E-state index contributed by atoms with van der Waals surface area (Å²) in [6, 6.07) is 5.34. The summed E-state index contributed by atoms with van der Waals surface area (Å²) < 4.78 is 5.61. The molecule has 0 aromatic heterocycles. The summed E-state index contributed by atoms with van der Waals surface area (Å²) in [4.78, 5) is 0. The molecule has 16 heavy (non-hydrogen) atoms. The van der Waals surface area contributed by atoms with Crippen molar-refractivity contribution >= 4 is 12.6 Å². The van der Waals surface area contributed by atoms with Crippen molar-refractivity contribution in [2.75, 3.05) is 6.61 Å². The quantitative estimate of drug-likeness (QED) is 0.723. The first-order valence-electron chi connectivity index (χ1n) is 5.76. The molecule has 0 radical (unpaired) electrons. The van der Waals surface area contributed by atoms with Gasteiger partial charge in [-0.15, -0.1) is 0 Å². The average molecular weight is 220 g/mol. The van der Waals surface area contributed by atoms with Crippen molar-refractivity contribution in [3.05, 3.63) is 23.8 Å². The van der Waals surface area contributed by atoms with Gasteiger partial charge in [0.2, 0.25) is 0 Å². The molecule has 1 aliphatic carbocycles. The van der Waals surface area contributed by atoms with Crippen LogP contribution < -0.4 is 10.2 Å². The molecule has 0 aliphatic heterocycles. The van der Waals surface area contributed by atoms with E-state index in [0.717, 1.165) is 30.3 Å². The molecule has 0 heterocycles. The third kappa shape index (κ3) is 3.00. The van der Waals surface area contributed by atoms with Gasteiger partial charge in [-0.1, -0.05) is 18.9 Å². The zero-order valence-electron chi connectivity index (χ0n) is 9.52. The van der Waals surface area contributed by atoms with Crippen LogP contribution in [0.25, 0.3) is 0 Å². The number of aryl methyl sites for hydroxylation is 1. The highest BCUT2D eigenvalue weighted by atomic mass is 16.5. The van der Waals surface area contributed by atoms with Crippen molar-refractivity contribution in [1.82, 2.24) is 0 Å². The van der Waals surface area contributed by atoms with Gasteiger partial charge >= 0.3 is 7.12 Å². The highest BCUT2D eigenvalue weighted by molar-refractivity contribution is 6.59. The van der Waals surface area contributed by atoms with Crippen LogP contribution in [0.4, 0.5) is 0 Å². The van der Waals surface area contributed by atoms with Crippen molar-refractivity contribution in [2.45, 2.75) is 26.2 Å². The van der Waals surface area contributed by atoms with Gasteiger partial charge < -0.3 is 14.8 Å². The second-order valence-corrected chi connectivity index (χ2v) is 4.47. The Morgan fingerprint density at radius 3 is 2.69 bits per heavy atom. The van der Waals surface area contributed by atoms with Gasteiger partial charge in [-0.3, -0.25) is 0 Å². The lowest BCUT2D eigenvalue weighted by atomic mass is 9.77. The van der Waals surface area contributed by atoms with Crippen LogP contribution in [0.1, 0.15) is 24.8 Å². The maximum Gasteiger partial charge on any atom is 0.488 e. The summed E-state index contributed by atoms with van der Waals surface area (Å²) in [6.45, 7) is 2.60. The molecule has 2 rings (SSSR count). The minimum Gasteiger partial charge on any atom is -0.494 e. The van der Waals surface area contributed by atoms with E-state index in [1.807, 2.05) is 13.0 Å². The molecular formula is C12H17BO3. The molecule has 2 N–H and O–H groups in total. The summed E-state index contributed by atoms with van der Waals surface area (Å²) in [6.07, 6.45) is 3.82. The van der Waals surface area contributed by atoms with Gasteiger partial charge in [0.1, 0.15) is 5.75 Å². The largest absolute Gasteiger partial charge is 0.494 e. The molecule has 0 unspecified atom stereocenters. The highest BCUT2D eigenvalue weighted by Gasteiger charge is 2.20. The maximum absolute atomic E-state index is 9.07. The molecule has 1 aliphatic rings. The van der Waals surface area contributed by atoms with E-state index in [2.05, 4.69) is 0 Å². The van der Waals surface area contributed by atoms with Crippen molar-refractivity contribution < 1.29 is 14.8 Å². The van der Waals surface area contributed by atoms with Gasteiger partial charge in [0, 0.05) is 0 Å². The second kappa shape index (κ2) is 4.89. The summed E-state index contributed by atoms with van der Waals surface area (Å²) >= 11 is 0. The lowest BCUT2D eigenvalue weighted by Crippen LogP contribution is -2.31. The van der Waals surface area contributed by atoms with Crippen molar-refractivity contribution in [1.29, 1.82) is 0 Å². The van der Waals surface area contributed by atoms with Crippen LogP contribution in [0.15, 0.2) is 18.2 Å². The number of ether oxygens (including phenoxy) is 1. The van der Waals surface area contributed by atoms with Crippen LogP contribution in [-0.4, -0.2) is 23.8 Å². The Morgan fingerprint density at radius 2 is 2.12 bits per heavy atom. The lowest BCUT2D eigenvalue weighted by Gasteiger charge is -2.09. The topological polar surface area (TPSA) is 49.7 Å². The fourth-order valence-electron chi connectivity index (χ4n) is 1.78. The van der Waals surface area contributed by atoms with Gasteiger partial charge in [-0.25, -0.2) is 0 Å². The lowest BCUT2D eigenvalue weighted by molar-refractivity contribution is 0.302. The molecular weight excluding hydrogens is 203 g/mol. The van der Waals surface area contributed by atoms with E-state index in [1.54, 1.807) is 12.1 Å². The summed E-state index contributed by atoms with van der Waals surface area (Å²) in [5.41, 5.74) is 1.38. The van der Waals surface area contributed by atoms with Crippen LogP contribution in [0.3, 0.4) is 0 Å². The van der Waals surface area contributed by atoms with Crippen LogP contribution in [0.5, 0.6) is 5.75 Å². The van der Waals surface area contributed by atoms with E-state index in [9.17, 15) is 0 Å². The predicted octanol–water partition coefficient (Wildman–Crippen LogP) is 0.854. The van der Waals surface area contributed by atoms with Gasteiger partial charge in [-0.05, 0) is 42.4 Å². The Morgan fingerprint density at radius 1 is 1.38 bits per heavy atom. The van der Waals surface area contributed by atoms with E-state index in [-0.39, 0.29) is 0 Å². The zero-order chi connectivity index (χ0) is 11.5. The third-order valence-electron chi connectivity index (χ3n) is 3.01. The Labute approximate surface area is 96.2 Å². The minimum atomic E-state index is -1.40. The number of benzene rings is 1. The third-order valence-corrected chi connectivity index (χ3v) is 3.01. The molecule has 1 saturated carbocycles. The van der Waals surface area contributed by atoms with Crippen molar-refractivity contribution in [3.8, 4) is 5.75 Å². The Kier molecular flexibility index (Phi) is 3.51. The maximum atomic E-state index is 9.07. The molecule has 4 heteroatoms. The summed E-state index contributed by atoms with van der Waals surface area (Å²) in [7, 11) is -1.40. The van der Waals surface area contributed by atoms with E-state index >= 15 is 0 Å². The summed E-state index contributed by atoms with van der Waals surface area (Å²) in [5.74, 6) is 1.68. The van der Waals surface area contributed by atoms with Crippen LogP contribution in [-0.2, 0) is 0 Å². The monoisotopic (exact) mass is 220 g/mol. The van der Waals surface area contributed by atoms with Gasteiger partial charge in [-0.2, -0.15) is 0 Å². The Bertz CT molecular complexity index is 361. The van der Waals surface area contributed by atoms with Gasteiger partial charge in [0.05, 0.1) is 6.61 Å². The number of rotatable bonds is 5. The smallest absolute Gasteiger partial charge is 0.488 e. The van der Waals surface area contributed by atoms with E-state index in [4.69, 9.17) is 14.8 Å². The van der Waals surface area contributed by atoms with Crippen molar-refractivity contribution in [3.63, 3.8) is 0 Å². The first kappa shape index (κ1) is 11.5. The molecule has 0 atom stereocenters. The standard InChI is InChI=1S/C12H17BO3/c1-9-8-11(4-5-12(9)13(14)15)16-7-6-10-2-3-10/h4-5,8,10,14-15H,2-3,6-7H2,1H3. The molecule has 1 aromatic rings. The molecule has 0 saturated heterocycles. The normalized spacial score (nSPS) is 14.9. The summed E-state index contributed by atoms with van der Waals surface area (Å²) in [5, 5.41) is 18.1. The highest BCUT2D eigenvalue weighted by Crippen LogP contribution is 2.32. The number of hydrogen-bond acceptors (Lipinski definition) is 3. The molecule has 0 bridgehead atoms. The molecule has 1 aromatic carbocycles. The molecule has 1 fully saturated rings. The Balaban J connectivity index is 1.91. The molecule has 0 amide bonds. The van der Waals surface area contributed by atoms with Crippen LogP contribution in [0.2, 0.25) is 0 Å². The predicted molar refractivity (Wildman–Crippen MR) is 63.8 cm³/mol. The van der Waals surface area contributed by atoms with Crippen LogP contribution >= 0.6 is 0 Å². The zero-order valence-corrected chi connectivity index (χ0v) is 9.52. The number of hydrogen-bond donors (Lipinski definition) is 2. The molecule has 0 spiro atoms. The van der Waals surface area contributed by atoms with E-state index < -0.39 is 7.12 Å². The second-order valence-electron chi connectivity index (χ2n) is 4.47. The minimum absolute atomic E-state index is 0.537. The SMILES string of the molecule is Cc1cc(OCCC2CC2)ccc1B(O)O. The Hall–Kier alpha value is -0.995. The first-order valence-corrected chi connectivity index (χ1v) is 5.76.